The number of hydrogen-bond acceptors (Lipinski definition) is 5. The average molecular weight is 227 g/mol. The molecule has 0 amide bonds. The minimum Gasteiger partial charge on any atom is -0.378 e. The first-order valence-electron chi connectivity index (χ1n) is 5.47. The molecular weight excluding hydrogens is 210 g/mol. The Balaban J connectivity index is 1.82. The molecule has 1 aliphatic heterocycles. The molecule has 2 rings (SSSR count). The van der Waals surface area contributed by atoms with Gasteiger partial charge in [-0.3, -0.25) is 0 Å². The average Bonchev–Trinajstić information content (AvgIpc) is 2.84. The van der Waals surface area contributed by atoms with E-state index in [1.165, 1.54) is 11.5 Å². The normalized spacial score (nSPS) is 25.7. The van der Waals surface area contributed by atoms with Gasteiger partial charge in [0.15, 0.2) is 0 Å². The second-order valence-corrected chi connectivity index (χ2v) is 4.63. The van der Waals surface area contributed by atoms with E-state index in [1.54, 1.807) is 0 Å². The number of aromatic nitrogens is 2. The lowest BCUT2D eigenvalue weighted by atomic mass is 10.0. The van der Waals surface area contributed by atoms with Crippen LogP contribution in [-0.2, 0) is 11.2 Å². The summed E-state index contributed by atoms with van der Waals surface area (Å²) in [5.74, 6) is 1.54. The van der Waals surface area contributed by atoms with Crippen LogP contribution >= 0.6 is 11.5 Å². The van der Waals surface area contributed by atoms with E-state index >= 15 is 0 Å². The van der Waals surface area contributed by atoms with Gasteiger partial charge in [-0.15, -0.1) is 0 Å². The Kier molecular flexibility index (Phi) is 3.53. The lowest BCUT2D eigenvalue weighted by molar-refractivity contribution is 0.108. The van der Waals surface area contributed by atoms with Crippen molar-refractivity contribution in [3.8, 4) is 0 Å². The van der Waals surface area contributed by atoms with Gasteiger partial charge in [-0.2, -0.15) is 4.37 Å². The minimum absolute atomic E-state index is 0.371. The van der Waals surface area contributed by atoms with Gasteiger partial charge < -0.3 is 10.1 Å². The molecule has 4 nitrogen and oxygen atoms in total. The highest BCUT2D eigenvalue weighted by Gasteiger charge is 2.23. The molecule has 5 heteroatoms. The molecular formula is C10H17N3OS. The van der Waals surface area contributed by atoms with E-state index in [-0.39, 0.29) is 0 Å². The third-order valence-electron chi connectivity index (χ3n) is 2.83. The zero-order valence-corrected chi connectivity index (χ0v) is 10.0. The van der Waals surface area contributed by atoms with Gasteiger partial charge >= 0.3 is 0 Å². The number of nitrogens with one attached hydrogen (secondary N) is 1. The van der Waals surface area contributed by atoms with Crippen molar-refractivity contribution in [3.63, 3.8) is 0 Å². The first kappa shape index (κ1) is 10.8. The smallest absolute Gasteiger partial charge is 0.202 e. The van der Waals surface area contributed by atoms with Gasteiger partial charge in [0.2, 0.25) is 5.13 Å². The van der Waals surface area contributed by atoms with Crippen LogP contribution < -0.4 is 5.32 Å². The molecule has 1 saturated heterocycles. The van der Waals surface area contributed by atoms with E-state index in [2.05, 4.69) is 28.5 Å². The topological polar surface area (TPSA) is 47.0 Å². The predicted octanol–water partition coefficient (Wildman–Crippen LogP) is 1.94. The molecule has 15 heavy (non-hydrogen) atoms. The number of ether oxygens (including phenoxy) is 1. The van der Waals surface area contributed by atoms with Gasteiger partial charge in [-0.25, -0.2) is 4.98 Å². The van der Waals surface area contributed by atoms with Crippen LogP contribution in [0.25, 0.3) is 0 Å². The number of anilines is 1. The quantitative estimate of drug-likeness (QED) is 0.854. The van der Waals surface area contributed by atoms with Crippen molar-refractivity contribution in [2.45, 2.75) is 32.8 Å². The Bertz CT molecular complexity index is 315. The van der Waals surface area contributed by atoms with Gasteiger partial charge in [0.25, 0.3) is 0 Å². The maximum absolute atomic E-state index is 5.51. The molecule has 0 radical (unpaired) electrons. The number of hydrogen-bond donors (Lipinski definition) is 1. The zero-order valence-electron chi connectivity index (χ0n) is 9.19. The second-order valence-electron chi connectivity index (χ2n) is 3.87. The van der Waals surface area contributed by atoms with Crippen LogP contribution in [0.3, 0.4) is 0 Å². The molecule has 2 atom stereocenters. The largest absolute Gasteiger partial charge is 0.378 e. The lowest BCUT2D eigenvalue weighted by Gasteiger charge is -2.13. The molecule has 0 spiro atoms. The maximum Gasteiger partial charge on any atom is 0.202 e. The summed E-state index contributed by atoms with van der Waals surface area (Å²) in [7, 11) is 0. The van der Waals surface area contributed by atoms with Crippen molar-refractivity contribution in [1.29, 1.82) is 0 Å². The first-order valence-corrected chi connectivity index (χ1v) is 6.25. The van der Waals surface area contributed by atoms with Crippen LogP contribution in [0.4, 0.5) is 5.13 Å². The first-order chi connectivity index (χ1) is 7.29. The Morgan fingerprint density at radius 1 is 1.60 bits per heavy atom. The number of rotatable bonds is 4. The molecule has 0 aliphatic carbocycles. The molecule has 1 N–H and O–H groups in total. The standard InChI is InChI=1S/C10H17N3OS/c1-3-9-12-10(15-13-9)11-6-8-4-5-14-7(8)2/h7-8H,3-6H2,1-2H3,(H,11,12,13). The van der Waals surface area contributed by atoms with E-state index in [4.69, 9.17) is 4.74 Å². The predicted molar refractivity (Wildman–Crippen MR) is 61.3 cm³/mol. The Morgan fingerprint density at radius 3 is 3.07 bits per heavy atom. The summed E-state index contributed by atoms with van der Waals surface area (Å²) in [6.07, 6.45) is 2.42. The SMILES string of the molecule is CCc1nsc(NCC2CCOC2C)n1. The van der Waals surface area contributed by atoms with E-state index in [0.29, 0.717) is 12.0 Å². The number of aryl methyl sites for hydroxylation is 1. The van der Waals surface area contributed by atoms with Crippen molar-refractivity contribution in [2.24, 2.45) is 5.92 Å². The van der Waals surface area contributed by atoms with Crippen molar-refractivity contribution in [1.82, 2.24) is 9.36 Å². The second kappa shape index (κ2) is 4.90. The molecule has 0 saturated carbocycles. The minimum atomic E-state index is 0.371. The number of nitrogens with zero attached hydrogens (tertiary/aromatic N) is 2. The van der Waals surface area contributed by atoms with E-state index < -0.39 is 0 Å². The van der Waals surface area contributed by atoms with Crippen molar-refractivity contribution in [2.75, 3.05) is 18.5 Å². The van der Waals surface area contributed by atoms with Crippen LogP contribution in [0.5, 0.6) is 0 Å². The van der Waals surface area contributed by atoms with E-state index in [9.17, 15) is 0 Å². The van der Waals surface area contributed by atoms with E-state index in [1.807, 2.05) is 0 Å². The fourth-order valence-corrected chi connectivity index (χ4v) is 2.39. The van der Waals surface area contributed by atoms with Gasteiger partial charge in [0.1, 0.15) is 5.82 Å². The summed E-state index contributed by atoms with van der Waals surface area (Å²) in [5.41, 5.74) is 0. The van der Waals surface area contributed by atoms with Crippen molar-refractivity contribution in [3.05, 3.63) is 5.82 Å². The molecule has 84 valence electrons. The highest BCUT2D eigenvalue weighted by atomic mass is 32.1. The van der Waals surface area contributed by atoms with Crippen LogP contribution in [0.1, 0.15) is 26.1 Å². The van der Waals surface area contributed by atoms with E-state index in [0.717, 1.165) is 36.9 Å². The van der Waals surface area contributed by atoms with Gasteiger partial charge in [-0.1, -0.05) is 6.92 Å². The third kappa shape index (κ3) is 2.66. The van der Waals surface area contributed by atoms with Gasteiger partial charge in [-0.05, 0) is 13.3 Å². The molecule has 1 aromatic heterocycles. The molecule has 1 aliphatic rings. The summed E-state index contributed by atoms with van der Waals surface area (Å²) in [5, 5.41) is 4.27. The highest BCUT2D eigenvalue weighted by Crippen LogP contribution is 2.21. The molecule has 2 unspecified atom stereocenters. The van der Waals surface area contributed by atoms with Crippen molar-refractivity contribution >= 4 is 16.7 Å². The monoisotopic (exact) mass is 227 g/mol. The summed E-state index contributed by atoms with van der Waals surface area (Å²) in [4.78, 5) is 4.37. The molecule has 0 aromatic carbocycles. The van der Waals surface area contributed by atoms with Gasteiger partial charge in [0, 0.05) is 37.0 Å². The summed E-state index contributed by atoms with van der Waals surface area (Å²) >= 11 is 1.45. The molecule has 1 aromatic rings. The molecule has 0 bridgehead atoms. The van der Waals surface area contributed by atoms with Gasteiger partial charge in [0.05, 0.1) is 6.10 Å². The highest BCUT2D eigenvalue weighted by molar-refractivity contribution is 7.09. The fourth-order valence-electron chi connectivity index (χ4n) is 1.73. The van der Waals surface area contributed by atoms with Crippen LogP contribution in [0.15, 0.2) is 0 Å². The molecule has 2 heterocycles. The maximum atomic E-state index is 5.51. The van der Waals surface area contributed by atoms with Crippen LogP contribution in [-0.4, -0.2) is 28.6 Å². The van der Waals surface area contributed by atoms with Crippen LogP contribution in [0.2, 0.25) is 0 Å². The Labute approximate surface area is 94.2 Å². The Morgan fingerprint density at radius 2 is 2.47 bits per heavy atom. The Hall–Kier alpha value is -0.680. The fraction of sp³-hybridized carbons (Fsp3) is 0.800. The third-order valence-corrected chi connectivity index (χ3v) is 3.54. The summed E-state index contributed by atoms with van der Waals surface area (Å²) < 4.78 is 9.74. The lowest BCUT2D eigenvalue weighted by Crippen LogP contribution is -2.20. The zero-order chi connectivity index (χ0) is 10.7. The summed E-state index contributed by atoms with van der Waals surface area (Å²) in [6.45, 7) is 6.04. The van der Waals surface area contributed by atoms with Crippen molar-refractivity contribution < 1.29 is 4.74 Å². The summed E-state index contributed by atoms with van der Waals surface area (Å²) in [6, 6.07) is 0. The van der Waals surface area contributed by atoms with Crippen LogP contribution in [0, 0.1) is 5.92 Å². The molecule has 1 fully saturated rings.